The van der Waals surface area contributed by atoms with Crippen molar-refractivity contribution >= 4 is 17.3 Å². The first-order chi connectivity index (χ1) is 6.15. The lowest BCUT2D eigenvalue weighted by Gasteiger charge is -2.00. The number of carboxylic acid groups (broad SMARTS) is 1. The molecule has 0 saturated heterocycles. The molecule has 0 aliphatic rings. The van der Waals surface area contributed by atoms with E-state index in [-0.39, 0.29) is 0 Å². The summed E-state index contributed by atoms with van der Waals surface area (Å²) in [5.74, 6) is -1.43. The maximum Gasteiger partial charge on any atom is 0.312 e. The molecule has 1 unspecified atom stereocenters. The van der Waals surface area contributed by atoms with E-state index in [1.165, 1.54) is 11.3 Å². The molecule has 1 atom stereocenters. The maximum atomic E-state index is 10.6. The fourth-order valence-electron chi connectivity index (χ4n) is 0.784. The monoisotopic (exact) mass is 201 g/mol. The van der Waals surface area contributed by atoms with E-state index in [2.05, 4.69) is 4.98 Å². The molecule has 1 aromatic rings. The van der Waals surface area contributed by atoms with E-state index in [0.29, 0.717) is 17.5 Å². The molecule has 0 radical (unpaired) electrons. The van der Waals surface area contributed by atoms with Gasteiger partial charge in [-0.1, -0.05) is 11.3 Å². The molecule has 0 aliphatic carbocycles. The average Bonchev–Trinajstić information content (AvgIpc) is 2.52. The van der Waals surface area contributed by atoms with Crippen LogP contribution in [-0.2, 0) is 4.79 Å². The molecular formula is C8H11NO3S. The van der Waals surface area contributed by atoms with E-state index in [0.717, 1.165) is 0 Å². The Labute approximate surface area is 80.2 Å². The molecule has 72 valence electrons. The van der Waals surface area contributed by atoms with Crippen LogP contribution < -0.4 is 4.74 Å². The number of carboxylic acids is 1. The second-order valence-corrected chi connectivity index (χ2v) is 3.35. The highest BCUT2D eigenvalue weighted by Gasteiger charge is 2.17. The molecule has 0 fully saturated rings. The largest absolute Gasteiger partial charge is 0.481 e. The summed E-state index contributed by atoms with van der Waals surface area (Å²) >= 11 is 1.32. The van der Waals surface area contributed by atoms with Crippen molar-refractivity contribution in [3.8, 4) is 5.19 Å². The second-order valence-electron chi connectivity index (χ2n) is 2.53. The lowest BCUT2D eigenvalue weighted by atomic mass is 10.1. The predicted octanol–water partition coefficient (Wildman–Crippen LogP) is 1.73. The Morgan fingerprint density at radius 2 is 2.54 bits per heavy atom. The molecule has 4 nitrogen and oxygen atoms in total. The van der Waals surface area contributed by atoms with Gasteiger partial charge in [-0.3, -0.25) is 4.79 Å². The Morgan fingerprint density at radius 3 is 3.08 bits per heavy atom. The molecule has 1 rings (SSSR count). The van der Waals surface area contributed by atoms with Crippen LogP contribution in [0, 0.1) is 0 Å². The first-order valence-electron chi connectivity index (χ1n) is 3.96. The average molecular weight is 201 g/mol. The van der Waals surface area contributed by atoms with Crippen LogP contribution in [0.4, 0.5) is 0 Å². The highest BCUT2D eigenvalue weighted by molar-refractivity contribution is 7.11. The van der Waals surface area contributed by atoms with Crippen molar-refractivity contribution in [3.05, 3.63) is 11.1 Å². The van der Waals surface area contributed by atoms with Gasteiger partial charge in [-0.15, -0.1) is 0 Å². The maximum absolute atomic E-state index is 10.6. The number of ether oxygens (including phenoxy) is 1. The van der Waals surface area contributed by atoms with Gasteiger partial charge in [0.2, 0.25) is 0 Å². The summed E-state index contributed by atoms with van der Waals surface area (Å²) in [6.07, 6.45) is 0. The third-order valence-electron chi connectivity index (χ3n) is 1.58. The predicted molar refractivity (Wildman–Crippen MR) is 49.3 cm³/mol. The van der Waals surface area contributed by atoms with Crippen molar-refractivity contribution in [2.45, 2.75) is 19.8 Å². The van der Waals surface area contributed by atoms with Crippen LogP contribution in [0.1, 0.15) is 25.5 Å². The van der Waals surface area contributed by atoms with Crippen molar-refractivity contribution in [1.29, 1.82) is 0 Å². The number of aromatic nitrogens is 1. The number of carbonyl (C=O) groups is 1. The normalized spacial score (nSPS) is 12.5. The Hall–Kier alpha value is -1.10. The van der Waals surface area contributed by atoms with Crippen molar-refractivity contribution in [3.63, 3.8) is 0 Å². The number of thiazole rings is 1. The topological polar surface area (TPSA) is 59.4 Å². The van der Waals surface area contributed by atoms with Gasteiger partial charge in [0.1, 0.15) is 0 Å². The number of hydrogen-bond acceptors (Lipinski definition) is 4. The van der Waals surface area contributed by atoms with E-state index < -0.39 is 11.9 Å². The Morgan fingerprint density at radius 1 is 1.85 bits per heavy atom. The zero-order chi connectivity index (χ0) is 9.84. The van der Waals surface area contributed by atoms with E-state index in [4.69, 9.17) is 9.84 Å². The van der Waals surface area contributed by atoms with Crippen molar-refractivity contribution in [1.82, 2.24) is 4.98 Å². The van der Waals surface area contributed by atoms with Crippen molar-refractivity contribution < 1.29 is 14.6 Å². The van der Waals surface area contributed by atoms with Crippen LogP contribution in [0.5, 0.6) is 5.19 Å². The molecule has 0 aliphatic heterocycles. The fraction of sp³-hybridized carbons (Fsp3) is 0.500. The zero-order valence-electron chi connectivity index (χ0n) is 7.48. The Bertz CT molecular complexity index is 297. The van der Waals surface area contributed by atoms with Crippen LogP contribution in [0.3, 0.4) is 0 Å². The van der Waals surface area contributed by atoms with Gasteiger partial charge < -0.3 is 9.84 Å². The Kier molecular flexibility index (Phi) is 3.25. The third kappa shape index (κ3) is 2.42. The van der Waals surface area contributed by atoms with Gasteiger partial charge in [-0.05, 0) is 13.8 Å². The summed E-state index contributed by atoms with van der Waals surface area (Å²) < 4.78 is 5.13. The summed E-state index contributed by atoms with van der Waals surface area (Å²) in [4.78, 5) is 14.6. The molecule has 0 saturated carbocycles. The van der Waals surface area contributed by atoms with Gasteiger partial charge in [0, 0.05) is 5.38 Å². The standard InChI is InChI=1S/C8H11NO3S/c1-3-12-8-9-6(4-13-8)5(2)7(10)11/h4-5H,3H2,1-2H3,(H,10,11). The van der Waals surface area contributed by atoms with Gasteiger partial charge in [-0.2, -0.15) is 0 Å². The molecular weight excluding hydrogens is 190 g/mol. The first kappa shape index (κ1) is 9.98. The van der Waals surface area contributed by atoms with Gasteiger partial charge >= 0.3 is 5.97 Å². The lowest BCUT2D eigenvalue weighted by molar-refractivity contribution is -0.138. The molecule has 1 aromatic heterocycles. The zero-order valence-corrected chi connectivity index (χ0v) is 8.30. The molecule has 0 aromatic carbocycles. The van der Waals surface area contributed by atoms with Crippen LogP contribution in [0.15, 0.2) is 5.38 Å². The van der Waals surface area contributed by atoms with Gasteiger partial charge in [0.15, 0.2) is 0 Å². The van der Waals surface area contributed by atoms with Gasteiger partial charge in [0.05, 0.1) is 18.2 Å². The van der Waals surface area contributed by atoms with E-state index >= 15 is 0 Å². The molecule has 0 bridgehead atoms. The molecule has 13 heavy (non-hydrogen) atoms. The quantitative estimate of drug-likeness (QED) is 0.805. The molecule has 1 N–H and O–H groups in total. The van der Waals surface area contributed by atoms with Gasteiger partial charge in [0.25, 0.3) is 5.19 Å². The van der Waals surface area contributed by atoms with Crippen LogP contribution in [0.2, 0.25) is 0 Å². The number of nitrogens with zero attached hydrogens (tertiary/aromatic N) is 1. The minimum absolute atomic E-state index is 0.533. The van der Waals surface area contributed by atoms with Crippen molar-refractivity contribution in [2.24, 2.45) is 0 Å². The summed E-state index contributed by atoms with van der Waals surface area (Å²) in [5.41, 5.74) is 0.556. The van der Waals surface area contributed by atoms with Crippen LogP contribution in [0.25, 0.3) is 0 Å². The summed E-state index contributed by atoms with van der Waals surface area (Å²) in [7, 11) is 0. The number of hydrogen-bond donors (Lipinski definition) is 1. The highest BCUT2D eigenvalue weighted by atomic mass is 32.1. The third-order valence-corrected chi connectivity index (χ3v) is 2.35. The van der Waals surface area contributed by atoms with E-state index in [1.807, 2.05) is 6.92 Å². The summed E-state index contributed by atoms with van der Waals surface area (Å²) in [6, 6.07) is 0. The number of rotatable bonds is 4. The summed E-state index contributed by atoms with van der Waals surface area (Å²) in [5, 5.41) is 10.9. The Balaban J connectivity index is 2.73. The highest BCUT2D eigenvalue weighted by Crippen LogP contribution is 2.23. The van der Waals surface area contributed by atoms with E-state index in [1.54, 1.807) is 12.3 Å². The lowest BCUT2D eigenvalue weighted by Crippen LogP contribution is -2.07. The van der Waals surface area contributed by atoms with E-state index in [9.17, 15) is 4.79 Å². The van der Waals surface area contributed by atoms with Crippen LogP contribution >= 0.6 is 11.3 Å². The molecule has 1 heterocycles. The van der Waals surface area contributed by atoms with Crippen molar-refractivity contribution in [2.75, 3.05) is 6.61 Å². The first-order valence-corrected chi connectivity index (χ1v) is 4.84. The number of aliphatic carboxylic acids is 1. The smallest absolute Gasteiger partial charge is 0.312 e. The molecule has 5 heteroatoms. The minimum Gasteiger partial charge on any atom is -0.481 e. The SMILES string of the molecule is CCOc1nc(C(C)C(=O)O)cs1. The molecule has 0 spiro atoms. The second kappa shape index (κ2) is 4.23. The van der Waals surface area contributed by atoms with Crippen LogP contribution in [-0.4, -0.2) is 22.7 Å². The minimum atomic E-state index is -0.867. The fourth-order valence-corrected chi connectivity index (χ4v) is 1.61. The molecule has 0 amide bonds. The summed E-state index contributed by atoms with van der Waals surface area (Å²) in [6.45, 7) is 4.02. The van der Waals surface area contributed by atoms with Gasteiger partial charge in [-0.25, -0.2) is 4.98 Å².